The van der Waals surface area contributed by atoms with Crippen LogP contribution >= 0.6 is 22.6 Å². The van der Waals surface area contributed by atoms with Crippen LogP contribution in [0.5, 0.6) is 0 Å². The first-order valence-electron chi connectivity index (χ1n) is 4.63. The van der Waals surface area contributed by atoms with Crippen LogP contribution in [0.3, 0.4) is 0 Å². The van der Waals surface area contributed by atoms with Crippen molar-refractivity contribution in [2.24, 2.45) is 5.73 Å². The van der Waals surface area contributed by atoms with E-state index in [1.165, 1.54) is 6.07 Å². The van der Waals surface area contributed by atoms with Gasteiger partial charge >= 0.3 is 6.09 Å². The number of hydrogen-bond donors (Lipinski definition) is 1. The van der Waals surface area contributed by atoms with Gasteiger partial charge in [0.25, 0.3) is 5.91 Å². The van der Waals surface area contributed by atoms with Crippen molar-refractivity contribution in [3.63, 3.8) is 0 Å². The molecular weight excluding hydrogens is 323 g/mol. The molecule has 0 unspecified atom stereocenters. The fraction of sp³-hybridized carbons (Fsp3) is 0.400. The third-order valence-corrected chi connectivity index (χ3v) is 2.50. The molecule has 0 aliphatic rings. The van der Waals surface area contributed by atoms with Crippen LogP contribution in [-0.4, -0.2) is 22.2 Å². The number of amides is 1. The summed E-state index contributed by atoms with van der Waals surface area (Å²) in [6, 6.07) is 3.12. The molecule has 0 spiro atoms. The maximum absolute atomic E-state index is 11.8. The number of nitrogens with two attached hydrogens (primary N) is 1. The molecule has 1 aromatic rings. The minimum atomic E-state index is -0.659. The van der Waals surface area contributed by atoms with Crippen LogP contribution in [0, 0.1) is 3.70 Å². The molecule has 0 aromatic carbocycles. The Hall–Kier alpha value is -1.05. The Morgan fingerprint density at radius 3 is 2.38 bits per heavy atom. The van der Waals surface area contributed by atoms with Gasteiger partial charge in [-0.1, -0.05) is 0 Å². The number of carbonyl (C=O) groups excluding carboxylic acids is 2. The van der Waals surface area contributed by atoms with Gasteiger partial charge in [-0.25, -0.2) is 9.36 Å². The normalized spacial score (nSPS) is 11.2. The predicted octanol–water partition coefficient (Wildman–Crippen LogP) is 1.97. The van der Waals surface area contributed by atoms with E-state index in [1.54, 1.807) is 26.8 Å². The van der Waals surface area contributed by atoms with Gasteiger partial charge < -0.3 is 10.5 Å². The number of nitrogens with zero attached hydrogens (tertiary/aromatic N) is 1. The summed E-state index contributed by atoms with van der Waals surface area (Å²) in [6.07, 6.45) is -0.601. The minimum absolute atomic E-state index is 0.124. The van der Waals surface area contributed by atoms with Gasteiger partial charge in [0.1, 0.15) is 11.3 Å². The molecule has 0 bridgehead atoms. The van der Waals surface area contributed by atoms with Gasteiger partial charge in [0.2, 0.25) is 0 Å². The monoisotopic (exact) mass is 336 g/mol. The minimum Gasteiger partial charge on any atom is -0.443 e. The maximum atomic E-state index is 11.8. The fourth-order valence-electron chi connectivity index (χ4n) is 1.10. The third kappa shape index (κ3) is 2.97. The molecule has 5 nitrogen and oxygen atoms in total. The lowest BCUT2D eigenvalue weighted by atomic mass is 10.2. The summed E-state index contributed by atoms with van der Waals surface area (Å²) in [4.78, 5) is 22.9. The van der Waals surface area contributed by atoms with Gasteiger partial charge in [0.05, 0.1) is 3.70 Å². The molecule has 0 radical (unpaired) electrons. The highest BCUT2D eigenvalue weighted by Gasteiger charge is 2.23. The van der Waals surface area contributed by atoms with Crippen molar-refractivity contribution >= 4 is 34.6 Å². The third-order valence-electron chi connectivity index (χ3n) is 1.66. The first-order chi connectivity index (χ1) is 7.22. The summed E-state index contributed by atoms with van der Waals surface area (Å²) in [5.41, 5.74) is 4.67. The largest absolute Gasteiger partial charge is 0.443 e. The maximum Gasteiger partial charge on any atom is 0.420 e. The van der Waals surface area contributed by atoms with Crippen molar-refractivity contribution in [3.8, 4) is 0 Å². The van der Waals surface area contributed by atoms with E-state index in [0.29, 0.717) is 3.70 Å². The van der Waals surface area contributed by atoms with E-state index in [1.807, 2.05) is 22.6 Å². The van der Waals surface area contributed by atoms with Crippen molar-refractivity contribution in [1.29, 1.82) is 0 Å². The molecule has 1 amide bonds. The number of primary amides is 1. The van der Waals surface area contributed by atoms with Crippen molar-refractivity contribution < 1.29 is 14.3 Å². The van der Waals surface area contributed by atoms with E-state index in [-0.39, 0.29) is 5.69 Å². The van der Waals surface area contributed by atoms with Crippen molar-refractivity contribution in [3.05, 3.63) is 21.5 Å². The molecule has 1 rings (SSSR count). The van der Waals surface area contributed by atoms with Crippen LogP contribution in [0.4, 0.5) is 4.79 Å². The predicted molar refractivity (Wildman–Crippen MR) is 67.3 cm³/mol. The zero-order valence-electron chi connectivity index (χ0n) is 9.28. The van der Waals surface area contributed by atoms with Gasteiger partial charge in [0.15, 0.2) is 0 Å². The molecule has 0 fully saturated rings. The van der Waals surface area contributed by atoms with Gasteiger partial charge in [-0.15, -0.1) is 0 Å². The van der Waals surface area contributed by atoms with Crippen LogP contribution in [-0.2, 0) is 4.74 Å². The number of rotatable bonds is 1. The molecule has 0 saturated carbocycles. The van der Waals surface area contributed by atoms with E-state index in [4.69, 9.17) is 10.5 Å². The van der Waals surface area contributed by atoms with Crippen LogP contribution < -0.4 is 5.73 Å². The smallest absolute Gasteiger partial charge is 0.420 e. The van der Waals surface area contributed by atoms with Gasteiger partial charge in [-0.2, -0.15) is 0 Å². The lowest BCUT2D eigenvalue weighted by Crippen LogP contribution is -2.30. The standard InChI is InChI=1S/C10H13IN2O3/c1-10(2,3)16-9(15)13-6(8(12)14)4-5-7(13)11/h4-5H,1-3H3,(H2,12,14). The summed E-state index contributed by atoms with van der Waals surface area (Å²) in [6.45, 7) is 5.27. The summed E-state index contributed by atoms with van der Waals surface area (Å²) in [5.74, 6) is -0.659. The van der Waals surface area contributed by atoms with E-state index >= 15 is 0 Å². The van der Waals surface area contributed by atoms with Crippen LogP contribution in [0.15, 0.2) is 12.1 Å². The zero-order valence-corrected chi connectivity index (χ0v) is 11.4. The summed E-state index contributed by atoms with van der Waals surface area (Å²) >= 11 is 1.94. The lowest BCUT2D eigenvalue weighted by Gasteiger charge is -2.20. The van der Waals surface area contributed by atoms with Crippen LogP contribution in [0.2, 0.25) is 0 Å². The Morgan fingerprint density at radius 2 is 1.94 bits per heavy atom. The fourth-order valence-corrected chi connectivity index (χ4v) is 1.73. The second-order valence-electron chi connectivity index (χ2n) is 4.22. The molecule has 0 aliphatic carbocycles. The average Bonchev–Trinajstić information content (AvgIpc) is 2.43. The summed E-state index contributed by atoms with van der Waals surface area (Å²) in [5, 5.41) is 0. The molecule has 2 N–H and O–H groups in total. The SMILES string of the molecule is CC(C)(C)OC(=O)n1c(I)ccc1C(N)=O. The van der Waals surface area contributed by atoms with E-state index in [9.17, 15) is 9.59 Å². The molecule has 6 heteroatoms. The number of ether oxygens (including phenoxy) is 1. The molecule has 16 heavy (non-hydrogen) atoms. The topological polar surface area (TPSA) is 74.3 Å². The second kappa shape index (κ2) is 4.44. The average molecular weight is 336 g/mol. The Labute approximate surface area is 107 Å². The highest BCUT2D eigenvalue weighted by atomic mass is 127. The number of carbonyl (C=O) groups is 2. The Bertz CT molecular complexity index is 432. The Kier molecular flexibility index (Phi) is 3.61. The van der Waals surface area contributed by atoms with Crippen LogP contribution in [0.25, 0.3) is 0 Å². The number of hydrogen-bond acceptors (Lipinski definition) is 3. The van der Waals surface area contributed by atoms with Gasteiger partial charge in [-0.05, 0) is 55.5 Å². The van der Waals surface area contributed by atoms with Gasteiger partial charge in [0, 0.05) is 0 Å². The molecule has 1 heterocycles. The molecular formula is C10H13IN2O3. The Balaban J connectivity index is 3.08. The summed E-state index contributed by atoms with van der Waals surface area (Å²) in [7, 11) is 0. The molecule has 1 aromatic heterocycles. The number of halogens is 1. The Morgan fingerprint density at radius 1 is 1.38 bits per heavy atom. The van der Waals surface area contributed by atoms with E-state index in [2.05, 4.69) is 0 Å². The molecule has 0 atom stereocenters. The van der Waals surface area contributed by atoms with E-state index < -0.39 is 17.6 Å². The molecule has 0 saturated heterocycles. The number of aromatic nitrogens is 1. The molecule has 88 valence electrons. The summed E-state index contributed by atoms with van der Waals surface area (Å²) < 4.78 is 6.91. The van der Waals surface area contributed by atoms with Crippen molar-refractivity contribution in [2.75, 3.05) is 0 Å². The first kappa shape index (κ1) is 13.0. The lowest BCUT2D eigenvalue weighted by molar-refractivity contribution is 0.0524. The molecule has 0 aliphatic heterocycles. The highest BCUT2D eigenvalue weighted by molar-refractivity contribution is 14.1. The van der Waals surface area contributed by atoms with Crippen LogP contribution in [0.1, 0.15) is 31.3 Å². The van der Waals surface area contributed by atoms with E-state index in [0.717, 1.165) is 4.57 Å². The first-order valence-corrected chi connectivity index (χ1v) is 5.70. The van der Waals surface area contributed by atoms with Gasteiger partial charge in [-0.3, -0.25) is 4.79 Å². The van der Waals surface area contributed by atoms with Crippen molar-refractivity contribution in [2.45, 2.75) is 26.4 Å². The quantitative estimate of drug-likeness (QED) is 0.797. The highest BCUT2D eigenvalue weighted by Crippen LogP contribution is 2.15. The zero-order chi connectivity index (χ0) is 12.5. The second-order valence-corrected chi connectivity index (χ2v) is 5.33. The van der Waals surface area contributed by atoms with Crippen molar-refractivity contribution in [1.82, 2.24) is 4.57 Å².